The van der Waals surface area contributed by atoms with E-state index >= 15 is 0 Å². The molecule has 0 unspecified atom stereocenters. The first-order valence-electron chi connectivity index (χ1n) is 7.29. The maximum Gasteiger partial charge on any atom is 0.407 e. The molecular weight excluding hydrogens is 240 g/mol. The van der Waals surface area contributed by atoms with Crippen LogP contribution in [0, 0.1) is 11.8 Å². The molecule has 0 atom stereocenters. The van der Waals surface area contributed by atoms with Crippen LogP contribution in [0.3, 0.4) is 0 Å². The van der Waals surface area contributed by atoms with E-state index in [9.17, 15) is 4.79 Å². The van der Waals surface area contributed by atoms with Gasteiger partial charge in [0.05, 0.1) is 0 Å². The molecule has 0 saturated carbocycles. The van der Waals surface area contributed by atoms with Gasteiger partial charge in [0.1, 0.15) is 5.60 Å². The second kappa shape index (κ2) is 8.41. The lowest BCUT2D eigenvalue weighted by atomic mass is 10.1. The lowest BCUT2D eigenvalue weighted by Crippen LogP contribution is -2.40. The number of rotatable bonds is 7. The number of nitrogens with zero attached hydrogens (tertiary/aromatic N) is 1. The van der Waals surface area contributed by atoms with Crippen LogP contribution in [-0.4, -0.2) is 42.8 Å². The van der Waals surface area contributed by atoms with Crippen LogP contribution >= 0.6 is 0 Å². The van der Waals surface area contributed by atoms with Crippen LogP contribution in [0.25, 0.3) is 0 Å². The molecule has 19 heavy (non-hydrogen) atoms. The van der Waals surface area contributed by atoms with Crippen molar-refractivity contribution in [3.8, 4) is 0 Å². The quantitative estimate of drug-likeness (QED) is 0.774. The number of ether oxygens (including phenoxy) is 1. The van der Waals surface area contributed by atoms with Gasteiger partial charge in [-0.2, -0.15) is 0 Å². The molecule has 1 N–H and O–H groups in total. The van der Waals surface area contributed by atoms with Crippen LogP contribution in [-0.2, 0) is 4.74 Å². The Labute approximate surface area is 118 Å². The Bertz CT molecular complexity index is 247. The molecule has 114 valence electrons. The third-order valence-electron chi connectivity index (χ3n) is 2.34. The van der Waals surface area contributed by atoms with Gasteiger partial charge in [-0.25, -0.2) is 4.79 Å². The highest BCUT2D eigenvalue weighted by atomic mass is 16.6. The van der Waals surface area contributed by atoms with Crippen molar-refractivity contribution in [1.82, 2.24) is 10.2 Å². The highest BCUT2D eigenvalue weighted by Gasteiger charge is 2.16. The zero-order valence-corrected chi connectivity index (χ0v) is 13.7. The standard InChI is InChI=1S/C15H32N2O2/c1-12(2)10-17(11-13(3)4)9-8-16-14(18)19-15(5,6)7/h12-13H,8-11H2,1-7H3,(H,16,18). The Hall–Kier alpha value is -0.770. The predicted octanol–water partition coefficient (Wildman–Crippen LogP) is 3.13. The molecule has 0 aromatic carbocycles. The van der Waals surface area contributed by atoms with Crippen LogP contribution in [0.1, 0.15) is 48.5 Å². The third-order valence-corrected chi connectivity index (χ3v) is 2.34. The van der Waals surface area contributed by atoms with Crippen molar-refractivity contribution in [1.29, 1.82) is 0 Å². The molecule has 0 heterocycles. The summed E-state index contributed by atoms with van der Waals surface area (Å²) in [5.74, 6) is 1.28. The van der Waals surface area contributed by atoms with Gasteiger partial charge >= 0.3 is 6.09 Å². The number of alkyl carbamates (subject to hydrolysis) is 1. The molecule has 0 spiro atoms. The maximum absolute atomic E-state index is 11.5. The summed E-state index contributed by atoms with van der Waals surface area (Å²) in [6.45, 7) is 18.1. The van der Waals surface area contributed by atoms with Gasteiger partial charge in [0.2, 0.25) is 0 Å². The number of carbonyl (C=O) groups is 1. The molecule has 0 bridgehead atoms. The van der Waals surface area contributed by atoms with Crippen molar-refractivity contribution in [3.05, 3.63) is 0 Å². The van der Waals surface area contributed by atoms with E-state index in [1.807, 2.05) is 20.8 Å². The Morgan fingerprint density at radius 1 is 1.11 bits per heavy atom. The minimum Gasteiger partial charge on any atom is -0.444 e. The average Bonchev–Trinajstić information content (AvgIpc) is 2.11. The van der Waals surface area contributed by atoms with Gasteiger partial charge in [-0.3, -0.25) is 0 Å². The van der Waals surface area contributed by atoms with E-state index in [0.717, 1.165) is 19.6 Å². The fraction of sp³-hybridized carbons (Fsp3) is 0.933. The maximum atomic E-state index is 11.5. The highest BCUT2D eigenvalue weighted by Crippen LogP contribution is 2.06. The normalized spacial score (nSPS) is 12.3. The molecule has 0 aliphatic carbocycles. The molecule has 0 aliphatic heterocycles. The van der Waals surface area contributed by atoms with Gasteiger partial charge in [0, 0.05) is 26.2 Å². The average molecular weight is 272 g/mol. The van der Waals surface area contributed by atoms with Crippen molar-refractivity contribution < 1.29 is 9.53 Å². The van der Waals surface area contributed by atoms with Crippen LogP contribution in [0.15, 0.2) is 0 Å². The van der Waals surface area contributed by atoms with Crippen molar-refractivity contribution in [2.75, 3.05) is 26.2 Å². The zero-order chi connectivity index (χ0) is 15.1. The summed E-state index contributed by atoms with van der Waals surface area (Å²) in [7, 11) is 0. The Morgan fingerprint density at radius 2 is 1.58 bits per heavy atom. The van der Waals surface area contributed by atoms with E-state index in [1.165, 1.54) is 0 Å². The molecular formula is C15H32N2O2. The van der Waals surface area contributed by atoms with Crippen molar-refractivity contribution in [3.63, 3.8) is 0 Å². The minimum absolute atomic E-state index is 0.332. The molecule has 0 rings (SSSR count). The lowest BCUT2D eigenvalue weighted by molar-refractivity contribution is 0.0520. The summed E-state index contributed by atoms with van der Waals surface area (Å²) in [5, 5.41) is 2.81. The largest absolute Gasteiger partial charge is 0.444 e. The first-order valence-corrected chi connectivity index (χ1v) is 7.29. The molecule has 0 aliphatic rings. The van der Waals surface area contributed by atoms with Gasteiger partial charge in [-0.15, -0.1) is 0 Å². The minimum atomic E-state index is -0.431. The summed E-state index contributed by atoms with van der Waals surface area (Å²) < 4.78 is 5.21. The Morgan fingerprint density at radius 3 is 1.95 bits per heavy atom. The highest BCUT2D eigenvalue weighted by molar-refractivity contribution is 5.67. The first kappa shape index (κ1) is 18.2. The van der Waals surface area contributed by atoms with E-state index in [1.54, 1.807) is 0 Å². The van der Waals surface area contributed by atoms with Gasteiger partial charge in [0.25, 0.3) is 0 Å². The van der Waals surface area contributed by atoms with Crippen molar-refractivity contribution in [2.24, 2.45) is 11.8 Å². The van der Waals surface area contributed by atoms with Crippen LogP contribution in [0.2, 0.25) is 0 Å². The van der Waals surface area contributed by atoms with E-state index in [0.29, 0.717) is 18.4 Å². The lowest BCUT2D eigenvalue weighted by Gasteiger charge is -2.26. The first-order chi connectivity index (χ1) is 8.60. The van der Waals surface area contributed by atoms with Crippen molar-refractivity contribution >= 4 is 6.09 Å². The van der Waals surface area contributed by atoms with E-state index in [-0.39, 0.29) is 6.09 Å². The second-order valence-electron chi connectivity index (χ2n) is 6.98. The molecule has 0 radical (unpaired) electrons. The number of carbonyl (C=O) groups excluding carboxylic acids is 1. The van der Waals surface area contributed by atoms with Gasteiger partial charge < -0.3 is 15.0 Å². The van der Waals surface area contributed by atoms with Gasteiger partial charge in [0.15, 0.2) is 0 Å². The fourth-order valence-corrected chi connectivity index (χ4v) is 1.92. The molecule has 0 fully saturated rings. The van der Waals surface area contributed by atoms with E-state index in [2.05, 4.69) is 37.9 Å². The zero-order valence-electron chi connectivity index (χ0n) is 13.7. The molecule has 4 heteroatoms. The summed E-state index contributed by atoms with van der Waals surface area (Å²) in [4.78, 5) is 13.9. The predicted molar refractivity (Wildman–Crippen MR) is 80.4 cm³/mol. The van der Waals surface area contributed by atoms with Crippen LogP contribution < -0.4 is 5.32 Å². The van der Waals surface area contributed by atoms with Crippen molar-refractivity contribution in [2.45, 2.75) is 54.1 Å². The summed E-state index contributed by atoms with van der Waals surface area (Å²) >= 11 is 0. The number of amides is 1. The van der Waals surface area contributed by atoms with Crippen LogP contribution in [0.5, 0.6) is 0 Å². The topological polar surface area (TPSA) is 41.6 Å². The van der Waals surface area contributed by atoms with Gasteiger partial charge in [-0.1, -0.05) is 27.7 Å². The number of hydrogen-bond acceptors (Lipinski definition) is 3. The Balaban J connectivity index is 4.01. The fourth-order valence-electron chi connectivity index (χ4n) is 1.92. The van der Waals surface area contributed by atoms with E-state index in [4.69, 9.17) is 4.74 Å². The molecule has 0 saturated heterocycles. The Kier molecular flexibility index (Phi) is 8.07. The number of hydrogen-bond donors (Lipinski definition) is 1. The smallest absolute Gasteiger partial charge is 0.407 e. The third kappa shape index (κ3) is 12.0. The summed E-state index contributed by atoms with van der Waals surface area (Å²) in [6.07, 6.45) is -0.332. The van der Waals surface area contributed by atoms with Gasteiger partial charge in [-0.05, 0) is 32.6 Å². The monoisotopic (exact) mass is 272 g/mol. The SMILES string of the molecule is CC(C)CN(CCNC(=O)OC(C)(C)C)CC(C)C. The number of nitrogens with one attached hydrogen (secondary N) is 1. The second-order valence-corrected chi connectivity index (χ2v) is 6.98. The summed E-state index contributed by atoms with van der Waals surface area (Å²) in [5.41, 5.74) is -0.431. The van der Waals surface area contributed by atoms with Crippen LogP contribution in [0.4, 0.5) is 4.79 Å². The molecule has 0 aromatic heterocycles. The molecule has 1 amide bonds. The summed E-state index contributed by atoms with van der Waals surface area (Å²) in [6, 6.07) is 0. The van der Waals surface area contributed by atoms with E-state index < -0.39 is 5.60 Å². The molecule has 0 aromatic rings. The molecule has 4 nitrogen and oxygen atoms in total.